The molecule has 156 valence electrons. The van der Waals surface area contributed by atoms with Crippen molar-refractivity contribution in [1.29, 1.82) is 0 Å². The van der Waals surface area contributed by atoms with Crippen molar-refractivity contribution in [2.45, 2.75) is 33.1 Å². The Morgan fingerprint density at radius 3 is 2.04 bits per heavy atom. The van der Waals surface area contributed by atoms with E-state index in [9.17, 15) is 35.9 Å². The highest BCUT2D eigenvalue weighted by Gasteiger charge is 2.31. The lowest BCUT2D eigenvalue weighted by molar-refractivity contribution is -0.137. The van der Waals surface area contributed by atoms with Gasteiger partial charge in [0, 0.05) is 6.92 Å². The molecule has 0 spiro atoms. The molecule has 1 aromatic heterocycles. The van der Waals surface area contributed by atoms with Gasteiger partial charge in [0.1, 0.15) is 10.6 Å². The standard InChI is InChI=1S/C13H8F3NO3S.C2H3F3.C2H6/c14-13(15,16)8-1-2-10(9(5-8)17-7-19)20-11-3-4-21-12(11)6-18;1-2(3,4)5;1-2/h1-7H,(H,17,19);1H3;1-2H3. The van der Waals surface area contributed by atoms with Crippen molar-refractivity contribution in [3.63, 3.8) is 0 Å². The molecule has 0 aliphatic heterocycles. The van der Waals surface area contributed by atoms with Crippen LogP contribution < -0.4 is 10.1 Å². The van der Waals surface area contributed by atoms with Crippen LogP contribution in [0.3, 0.4) is 0 Å². The second kappa shape index (κ2) is 11.3. The lowest BCUT2D eigenvalue weighted by Crippen LogP contribution is -2.06. The topological polar surface area (TPSA) is 55.4 Å². The molecule has 1 heterocycles. The minimum atomic E-state index is -4.53. The Hall–Kier alpha value is -2.56. The third kappa shape index (κ3) is 9.40. The number of anilines is 1. The molecule has 0 saturated carbocycles. The normalized spacial score (nSPS) is 10.6. The summed E-state index contributed by atoms with van der Waals surface area (Å²) in [5.41, 5.74) is -1.05. The predicted octanol–water partition coefficient (Wildman–Crippen LogP) is 6.53. The fourth-order valence-corrected chi connectivity index (χ4v) is 2.19. The van der Waals surface area contributed by atoms with Gasteiger partial charge in [0.25, 0.3) is 0 Å². The van der Waals surface area contributed by atoms with Crippen molar-refractivity contribution in [2.24, 2.45) is 0 Å². The Kier molecular flexibility index (Phi) is 10.3. The first kappa shape index (κ1) is 25.4. The first-order valence-electron chi connectivity index (χ1n) is 7.64. The summed E-state index contributed by atoms with van der Waals surface area (Å²) in [5.74, 6) is 0.223. The number of alkyl halides is 6. The fourth-order valence-electron chi connectivity index (χ4n) is 1.57. The Balaban J connectivity index is 0.000000906. The van der Waals surface area contributed by atoms with Gasteiger partial charge in [-0.15, -0.1) is 11.3 Å². The highest BCUT2D eigenvalue weighted by Crippen LogP contribution is 2.37. The van der Waals surface area contributed by atoms with Crippen LogP contribution in [0, 0.1) is 0 Å². The largest absolute Gasteiger partial charge is 0.454 e. The van der Waals surface area contributed by atoms with Crippen molar-refractivity contribution >= 4 is 29.7 Å². The SMILES string of the molecule is CC.CC(F)(F)F.O=CNc1cc(C(F)(F)F)ccc1Oc1ccsc1C=O. The number of nitrogens with one attached hydrogen (secondary N) is 1. The summed E-state index contributed by atoms with van der Waals surface area (Å²) in [6.07, 6.45) is -7.71. The third-order valence-corrected chi connectivity index (χ3v) is 3.33. The summed E-state index contributed by atoms with van der Waals surface area (Å²) in [4.78, 5) is 21.6. The molecule has 1 aromatic carbocycles. The van der Waals surface area contributed by atoms with E-state index in [4.69, 9.17) is 4.74 Å². The van der Waals surface area contributed by atoms with Crippen molar-refractivity contribution in [3.8, 4) is 11.5 Å². The van der Waals surface area contributed by atoms with Crippen LogP contribution in [0.5, 0.6) is 11.5 Å². The van der Waals surface area contributed by atoms with Gasteiger partial charge < -0.3 is 10.1 Å². The molecule has 0 bridgehead atoms. The van der Waals surface area contributed by atoms with Gasteiger partial charge in [-0.3, -0.25) is 9.59 Å². The second-order valence-corrected chi connectivity index (χ2v) is 5.57. The van der Waals surface area contributed by atoms with E-state index in [1.807, 2.05) is 13.8 Å². The molecule has 28 heavy (non-hydrogen) atoms. The van der Waals surface area contributed by atoms with Gasteiger partial charge in [-0.2, -0.15) is 26.3 Å². The lowest BCUT2D eigenvalue weighted by atomic mass is 10.2. The van der Waals surface area contributed by atoms with Crippen LogP contribution in [0.2, 0.25) is 0 Å². The number of carbonyl (C=O) groups is 2. The van der Waals surface area contributed by atoms with E-state index in [0.717, 1.165) is 29.5 Å². The molecule has 0 radical (unpaired) electrons. The van der Waals surface area contributed by atoms with Crippen molar-refractivity contribution in [2.75, 3.05) is 5.32 Å². The van der Waals surface area contributed by atoms with Gasteiger partial charge >= 0.3 is 12.4 Å². The Morgan fingerprint density at radius 1 is 1.00 bits per heavy atom. The molecular weight excluding hydrogens is 412 g/mol. The van der Waals surface area contributed by atoms with Gasteiger partial charge in [0.15, 0.2) is 12.0 Å². The van der Waals surface area contributed by atoms with Crippen LogP contribution in [0.4, 0.5) is 32.0 Å². The number of ether oxygens (including phenoxy) is 1. The summed E-state index contributed by atoms with van der Waals surface area (Å²) in [5, 5.41) is 3.76. The minimum absolute atomic E-state index is 0.0107. The number of rotatable bonds is 5. The zero-order valence-corrected chi connectivity index (χ0v) is 15.8. The first-order valence-corrected chi connectivity index (χ1v) is 8.52. The van der Waals surface area contributed by atoms with E-state index in [0.29, 0.717) is 11.2 Å². The molecule has 0 aliphatic rings. The summed E-state index contributed by atoms with van der Waals surface area (Å²) in [6.45, 7) is 4.19. The molecule has 11 heteroatoms. The van der Waals surface area contributed by atoms with E-state index in [-0.39, 0.29) is 30.5 Å². The van der Waals surface area contributed by atoms with Crippen LogP contribution in [0.15, 0.2) is 29.6 Å². The lowest BCUT2D eigenvalue weighted by Gasteiger charge is -2.13. The highest BCUT2D eigenvalue weighted by molar-refractivity contribution is 7.12. The van der Waals surface area contributed by atoms with E-state index < -0.39 is 17.9 Å². The Morgan fingerprint density at radius 2 is 1.57 bits per heavy atom. The van der Waals surface area contributed by atoms with Crippen LogP contribution in [-0.2, 0) is 11.0 Å². The summed E-state index contributed by atoms with van der Waals surface area (Å²) < 4.78 is 74.3. The zero-order chi connectivity index (χ0) is 22.0. The van der Waals surface area contributed by atoms with Gasteiger partial charge in [0.2, 0.25) is 6.41 Å². The van der Waals surface area contributed by atoms with E-state index in [2.05, 4.69) is 5.32 Å². The number of halogens is 6. The predicted molar refractivity (Wildman–Crippen MR) is 94.0 cm³/mol. The zero-order valence-electron chi connectivity index (χ0n) is 14.9. The van der Waals surface area contributed by atoms with E-state index in [1.165, 1.54) is 6.07 Å². The number of thiophene rings is 1. The third-order valence-electron chi connectivity index (χ3n) is 2.51. The molecule has 0 atom stereocenters. The number of hydrogen-bond donors (Lipinski definition) is 1. The number of amides is 1. The monoisotopic (exact) mass is 429 g/mol. The van der Waals surface area contributed by atoms with Gasteiger partial charge in [-0.05, 0) is 29.6 Å². The molecule has 1 N–H and O–H groups in total. The fraction of sp³-hybridized carbons (Fsp3) is 0.294. The van der Waals surface area contributed by atoms with E-state index >= 15 is 0 Å². The van der Waals surface area contributed by atoms with E-state index in [1.54, 1.807) is 5.38 Å². The molecule has 0 saturated heterocycles. The highest BCUT2D eigenvalue weighted by atomic mass is 32.1. The summed E-state index contributed by atoms with van der Waals surface area (Å²) >= 11 is 1.13. The van der Waals surface area contributed by atoms with Crippen molar-refractivity contribution in [1.82, 2.24) is 0 Å². The van der Waals surface area contributed by atoms with Crippen molar-refractivity contribution < 1.29 is 40.7 Å². The van der Waals surface area contributed by atoms with Crippen LogP contribution in [0.25, 0.3) is 0 Å². The maximum absolute atomic E-state index is 12.6. The molecule has 4 nitrogen and oxygen atoms in total. The number of carbonyl (C=O) groups excluding carboxylic acids is 2. The molecule has 2 aromatic rings. The smallest absolute Gasteiger partial charge is 0.416 e. The van der Waals surface area contributed by atoms with Crippen molar-refractivity contribution in [3.05, 3.63) is 40.1 Å². The Bertz CT molecular complexity index is 750. The minimum Gasteiger partial charge on any atom is -0.454 e. The second-order valence-electron chi connectivity index (χ2n) is 4.62. The maximum atomic E-state index is 12.6. The van der Waals surface area contributed by atoms with Gasteiger partial charge in [-0.1, -0.05) is 13.8 Å². The molecule has 0 unspecified atom stereocenters. The maximum Gasteiger partial charge on any atom is 0.416 e. The number of benzene rings is 1. The number of hydrogen-bond acceptors (Lipinski definition) is 4. The molecule has 2 rings (SSSR count). The van der Waals surface area contributed by atoms with Crippen LogP contribution >= 0.6 is 11.3 Å². The molecule has 1 amide bonds. The molecule has 0 fully saturated rings. The first-order chi connectivity index (χ1) is 13.0. The quantitative estimate of drug-likeness (QED) is 0.434. The summed E-state index contributed by atoms with van der Waals surface area (Å²) in [6, 6.07) is 4.19. The molecule has 0 aliphatic carbocycles. The van der Waals surface area contributed by atoms with Gasteiger partial charge in [-0.25, -0.2) is 0 Å². The van der Waals surface area contributed by atoms with Gasteiger partial charge in [0.05, 0.1) is 11.3 Å². The van der Waals surface area contributed by atoms with Crippen LogP contribution in [0.1, 0.15) is 36.0 Å². The Labute approximate surface area is 161 Å². The average Bonchev–Trinajstić information content (AvgIpc) is 3.03. The molecular formula is C17H17F6NO3S. The van der Waals surface area contributed by atoms with Crippen LogP contribution in [-0.4, -0.2) is 18.9 Å². The average molecular weight is 429 g/mol. The summed E-state index contributed by atoms with van der Waals surface area (Å²) in [7, 11) is 0. The number of aldehydes is 1.